The minimum atomic E-state index is 0.596. The fourth-order valence-corrected chi connectivity index (χ4v) is 2.86. The average Bonchev–Trinajstić information content (AvgIpc) is 3.03. The van der Waals surface area contributed by atoms with Crippen LogP contribution < -0.4 is 0 Å². The largest absolute Gasteiger partial charge is 0.380 e. The molecule has 21 heavy (non-hydrogen) atoms. The van der Waals surface area contributed by atoms with Crippen LogP contribution in [-0.4, -0.2) is 19.4 Å². The molecule has 0 atom stereocenters. The third kappa shape index (κ3) is 3.17. The zero-order valence-electron chi connectivity index (χ0n) is 12.1. The summed E-state index contributed by atoms with van der Waals surface area (Å²) >= 11 is 5.97. The van der Waals surface area contributed by atoms with Gasteiger partial charge in [-0.2, -0.15) is 0 Å². The third-order valence-electron chi connectivity index (χ3n) is 3.77. The highest BCUT2D eigenvalue weighted by atomic mass is 35.5. The SMILES string of the molecule is COCc1cc(C2=NCCC2)ccc1-c1ccc(Cl)cc1. The molecule has 2 aromatic carbocycles. The Morgan fingerprint density at radius 1 is 1.10 bits per heavy atom. The summed E-state index contributed by atoms with van der Waals surface area (Å²) in [5, 5.41) is 0.754. The maximum atomic E-state index is 5.97. The summed E-state index contributed by atoms with van der Waals surface area (Å²) in [7, 11) is 1.73. The summed E-state index contributed by atoms with van der Waals surface area (Å²) in [4.78, 5) is 4.58. The van der Waals surface area contributed by atoms with Gasteiger partial charge in [0.15, 0.2) is 0 Å². The predicted molar refractivity (Wildman–Crippen MR) is 88.2 cm³/mol. The van der Waals surface area contributed by atoms with E-state index in [9.17, 15) is 0 Å². The van der Waals surface area contributed by atoms with Crippen LogP contribution >= 0.6 is 11.6 Å². The van der Waals surface area contributed by atoms with Crippen LogP contribution in [0.1, 0.15) is 24.0 Å². The Kier molecular flexibility index (Phi) is 4.37. The average molecular weight is 300 g/mol. The van der Waals surface area contributed by atoms with E-state index in [2.05, 4.69) is 23.2 Å². The highest BCUT2D eigenvalue weighted by Crippen LogP contribution is 2.28. The molecule has 0 amide bonds. The van der Waals surface area contributed by atoms with Gasteiger partial charge in [-0.3, -0.25) is 4.99 Å². The first-order chi connectivity index (χ1) is 10.3. The predicted octanol–water partition coefficient (Wildman–Crippen LogP) is 4.74. The number of nitrogens with zero attached hydrogens (tertiary/aromatic N) is 1. The van der Waals surface area contributed by atoms with Crippen molar-refractivity contribution in [3.8, 4) is 11.1 Å². The molecule has 1 aliphatic heterocycles. The summed E-state index contributed by atoms with van der Waals surface area (Å²) < 4.78 is 5.37. The van der Waals surface area contributed by atoms with E-state index >= 15 is 0 Å². The van der Waals surface area contributed by atoms with Gasteiger partial charge in [-0.25, -0.2) is 0 Å². The number of hydrogen-bond acceptors (Lipinski definition) is 2. The molecule has 0 unspecified atom stereocenters. The zero-order valence-corrected chi connectivity index (χ0v) is 12.9. The molecule has 0 N–H and O–H groups in total. The van der Waals surface area contributed by atoms with Crippen LogP contribution in [0, 0.1) is 0 Å². The fraction of sp³-hybridized carbons (Fsp3) is 0.278. The van der Waals surface area contributed by atoms with Crippen LogP contribution in [0.4, 0.5) is 0 Å². The lowest BCUT2D eigenvalue weighted by Gasteiger charge is -2.12. The Bertz CT molecular complexity index is 661. The van der Waals surface area contributed by atoms with Crippen molar-refractivity contribution < 1.29 is 4.74 Å². The molecule has 0 spiro atoms. The van der Waals surface area contributed by atoms with Crippen molar-refractivity contribution in [3.63, 3.8) is 0 Å². The standard InChI is InChI=1S/C18H18ClNO/c1-21-12-15-11-14(18-3-2-10-20-18)6-9-17(15)13-4-7-16(19)8-5-13/h4-9,11H,2-3,10,12H2,1H3. The summed E-state index contributed by atoms with van der Waals surface area (Å²) in [6.45, 7) is 1.55. The molecule has 0 aliphatic carbocycles. The molecule has 0 radical (unpaired) electrons. The molecule has 0 aromatic heterocycles. The van der Waals surface area contributed by atoms with Crippen molar-refractivity contribution in [2.24, 2.45) is 4.99 Å². The Labute approximate surface area is 130 Å². The smallest absolute Gasteiger partial charge is 0.0719 e. The fourth-order valence-electron chi connectivity index (χ4n) is 2.73. The molecule has 2 nitrogen and oxygen atoms in total. The summed E-state index contributed by atoms with van der Waals surface area (Å²) in [5.41, 5.74) is 5.97. The summed E-state index contributed by atoms with van der Waals surface area (Å²) in [6, 6.07) is 14.5. The third-order valence-corrected chi connectivity index (χ3v) is 4.02. The number of halogens is 1. The molecule has 3 heteroatoms. The van der Waals surface area contributed by atoms with Gasteiger partial charge in [0.2, 0.25) is 0 Å². The molecule has 2 aromatic rings. The Morgan fingerprint density at radius 2 is 1.86 bits per heavy atom. The number of ether oxygens (including phenoxy) is 1. The van der Waals surface area contributed by atoms with E-state index in [1.54, 1.807) is 7.11 Å². The maximum Gasteiger partial charge on any atom is 0.0719 e. The number of methoxy groups -OCH3 is 1. The van der Waals surface area contributed by atoms with Crippen LogP contribution in [0.25, 0.3) is 11.1 Å². The molecular formula is C18H18ClNO. The Morgan fingerprint density at radius 3 is 2.52 bits per heavy atom. The molecule has 1 aliphatic rings. The first kappa shape index (κ1) is 14.3. The monoisotopic (exact) mass is 299 g/mol. The van der Waals surface area contributed by atoms with Gasteiger partial charge in [-0.15, -0.1) is 0 Å². The topological polar surface area (TPSA) is 21.6 Å². The van der Waals surface area contributed by atoms with Gasteiger partial charge in [-0.05, 0) is 53.3 Å². The van der Waals surface area contributed by atoms with Gasteiger partial charge in [0.1, 0.15) is 0 Å². The highest BCUT2D eigenvalue weighted by Gasteiger charge is 2.12. The zero-order chi connectivity index (χ0) is 14.7. The van der Waals surface area contributed by atoms with E-state index in [1.165, 1.54) is 22.4 Å². The molecule has 3 rings (SSSR count). The van der Waals surface area contributed by atoms with Crippen molar-refractivity contribution >= 4 is 17.3 Å². The van der Waals surface area contributed by atoms with E-state index in [-0.39, 0.29) is 0 Å². The van der Waals surface area contributed by atoms with Gasteiger partial charge < -0.3 is 4.74 Å². The second-order valence-electron chi connectivity index (χ2n) is 5.24. The van der Waals surface area contributed by atoms with Gasteiger partial charge in [0.05, 0.1) is 6.61 Å². The number of rotatable bonds is 4. The van der Waals surface area contributed by atoms with E-state index < -0.39 is 0 Å². The summed E-state index contributed by atoms with van der Waals surface area (Å²) in [5.74, 6) is 0. The van der Waals surface area contributed by atoms with Crippen molar-refractivity contribution in [2.45, 2.75) is 19.4 Å². The minimum absolute atomic E-state index is 0.596. The van der Waals surface area contributed by atoms with Crippen LogP contribution in [0.3, 0.4) is 0 Å². The minimum Gasteiger partial charge on any atom is -0.380 e. The van der Waals surface area contributed by atoms with E-state index in [4.69, 9.17) is 16.3 Å². The molecule has 1 heterocycles. The quantitative estimate of drug-likeness (QED) is 0.799. The van der Waals surface area contributed by atoms with Gasteiger partial charge in [0.25, 0.3) is 0 Å². The molecule has 0 saturated heterocycles. The van der Waals surface area contributed by atoms with Crippen LogP contribution in [0.15, 0.2) is 47.5 Å². The highest BCUT2D eigenvalue weighted by molar-refractivity contribution is 6.30. The van der Waals surface area contributed by atoms with Gasteiger partial charge in [0, 0.05) is 24.4 Å². The van der Waals surface area contributed by atoms with Crippen LogP contribution in [-0.2, 0) is 11.3 Å². The number of hydrogen-bond donors (Lipinski definition) is 0. The second kappa shape index (κ2) is 6.42. The lowest BCUT2D eigenvalue weighted by atomic mass is 9.96. The second-order valence-corrected chi connectivity index (χ2v) is 5.68. The van der Waals surface area contributed by atoms with Gasteiger partial charge >= 0.3 is 0 Å². The summed E-state index contributed by atoms with van der Waals surface area (Å²) in [6.07, 6.45) is 2.24. The molecule has 0 bridgehead atoms. The van der Waals surface area contributed by atoms with Crippen LogP contribution in [0.2, 0.25) is 5.02 Å². The normalized spacial score (nSPS) is 14.3. The number of aliphatic imine (C=N–C) groups is 1. The van der Waals surface area contributed by atoms with Crippen molar-refractivity contribution in [2.75, 3.05) is 13.7 Å². The van der Waals surface area contributed by atoms with Crippen LogP contribution in [0.5, 0.6) is 0 Å². The van der Waals surface area contributed by atoms with E-state index in [1.807, 2.05) is 24.3 Å². The van der Waals surface area contributed by atoms with Crippen molar-refractivity contribution in [3.05, 3.63) is 58.6 Å². The lowest BCUT2D eigenvalue weighted by Crippen LogP contribution is -2.00. The van der Waals surface area contributed by atoms with Crippen molar-refractivity contribution in [1.29, 1.82) is 0 Å². The number of benzene rings is 2. The van der Waals surface area contributed by atoms with E-state index in [0.29, 0.717) is 6.61 Å². The first-order valence-electron chi connectivity index (χ1n) is 7.19. The van der Waals surface area contributed by atoms with Gasteiger partial charge in [-0.1, -0.05) is 35.9 Å². The molecule has 0 saturated carbocycles. The molecule has 0 fully saturated rings. The molecular weight excluding hydrogens is 282 g/mol. The maximum absolute atomic E-state index is 5.97. The Balaban J connectivity index is 2.01. The van der Waals surface area contributed by atoms with Crippen molar-refractivity contribution in [1.82, 2.24) is 0 Å². The van der Waals surface area contributed by atoms with E-state index in [0.717, 1.165) is 30.0 Å². The molecule has 108 valence electrons. The Hall–Kier alpha value is -1.64. The lowest BCUT2D eigenvalue weighted by molar-refractivity contribution is 0.185. The first-order valence-corrected chi connectivity index (χ1v) is 7.57.